The maximum Gasteiger partial charge on any atom is 0.0945 e. The van der Waals surface area contributed by atoms with Crippen LogP contribution in [0.4, 0.5) is 0 Å². The molecule has 1 nitrogen and oxygen atoms in total. The Hall–Kier alpha value is -1.26. The molecule has 1 unspecified atom stereocenters. The van der Waals surface area contributed by atoms with Crippen molar-refractivity contribution < 1.29 is 0 Å². The van der Waals surface area contributed by atoms with Gasteiger partial charge in [0.1, 0.15) is 0 Å². The van der Waals surface area contributed by atoms with Crippen LogP contribution in [0.2, 0.25) is 0 Å². The van der Waals surface area contributed by atoms with Gasteiger partial charge in [-0.1, -0.05) is 36.6 Å². The number of hydrogen-bond acceptors (Lipinski definition) is 1. The largest absolute Gasteiger partial charge is 0.300 e. The van der Waals surface area contributed by atoms with Crippen molar-refractivity contribution in [3.8, 4) is 12.3 Å². The van der Waals surface area contributed by atoms with E-state index in [-0.39, 0.29) is 6.04 Å². The first-order valence-corrected chi connectivity index (χ1v) is 4.95. The molecule has 14 heavy (non-hydrogen) atoms. The van der Waals surface area contributed by atoms with Gasteiger partial charge in [-0.15, -0.1) is 6.42 Å². The highest BCUT2D eigenvalue weighted by Crippen LogP contribution is 2.18. The molecule has 0 aromatic heterocycles. The van der Waals surface area contributed by atoms with Crippen LogP contribution < -0.4 is 5.32 Å². The number of nitrogens with one attached hydrogen (secondary N) is 1. The van der Waals surface area contributed by atoms with E-state index in [1.165, 1.54) is 16.7 Å². The van der Waals surface area contributed by atoms with Crippen LogP contribution in [0.5, 0.6) is 0 Å². The molecule has 1 atom stereocenters. The van der Waals surface area contributed by atoms with Crippen molar-refractivity contribution in [1.82, 2.24) is 5.32 Å². The summed E-state index contributed by atoms with van der Waals surface area (Å²) < 4.78 is 0. The Kier molecular flexibility index (Phi) is 3.73. The van der Waals surface area contributed by atoms with E-state index >= 15 is 0 Å². The van der Waals surface area contributed by atoms with Gasteiger partial charge in [0.2, 0.25) is 0 Å². The minimum absolute atomic E-state index is 0.0416. The van der Waals surface area contributed by atoms with Crippen LogP contribution >= 0.6 is 0 Å². The molecule has 0 bridgehead atoms. The Bertz CT molecular complexity index is 347. The van der Waals surface area contributed by atoms with E-state index < -0.39 is 0 Å². The molecule has 0 radical (unpaired) electrons. The zero-order valence-electron chi connectivity index (χ0n) is 9.09. The van der Waals surface area contributed by atoms with Crippen molar-refractivity contribution in [1.29, 1.82) is 0 Å². The third-order valence-electron chi connectivity index (χ3n) is 2.32. The van der Waals surface area contributed by atoms with E-state index in [0.29, 0.717) is 0 Å². The average Bonchev–Trinajstić information content (AvgIpc) is 2.18. The van der Waals surface area contributed by atoms with Crippen LogP contribution in [0.1, 0.15) is 29.7 Å². The minimum atomic E-state index is 0.0416. The normalized spacial score (nSPS) is 12.1. The minimum Gasteiger partial charge on any atom is -0.300 e. The molecule has 0 fully saturated rings. The Labute approximate surface area is 86.5 Å². The van der Waals surface area contributed by atoms with E-state index in [4.69, 9.17) is 6.42 Å². The first-order chi connectivity index (χ1) is 6.69. The van der Waals surface area contributed by atoms with Gasteiger partial charge in [-0.05, 0) is 31.5 Å². The van der Waals surface area contributed by atoms with Crippen LogP contribution in [0.15, 0.2) is 18.2 Å². The Morgan fingerprint density at radius 2 is 2.14 bits per heavy atom. The van der Waals surface area contributed by atoms with E-state index in [1.54, 1.807) is 0 Å². The Balaban J connectivity index is 3.03. The molecule has 0 saturated carbocycles. The Morgan fingerprint density at radius 3 is 2.71 bits per heavy atom. The van der Waals surface area contributed by atoms with E-state index in [1.807, 2.05) is 0 Å². The van der Waals surface area contributed by atoms with Crippen molar-refractivity contribution in [2.24, 2.45) is 0 Å². The molecule has 0 aliphatic rings. The fraction of sp³-hybridized carbons (Fsp3) is 0.385. The summed E-state index contributed by atoms with van der Waals surface area (Å²) in [5, 5.41) is 3.28. The molecule has 74 valence electrons. The lowest BCUT2D eigenvalue weighted by molar-refractivity contribution is 0.661. The van der Waals surface area contributed by atoms with Crippen LogP contribution in [-0.4, -0.2) is 6.54 Å². The van der Waals surface area contributed by atoms with Gasteiger partial charge in [0.15, 0.2) is 0 Å². The monoisotopic (exact) mass is 187 g/mol. The molecule has 1 N–H and O–H groups in total. The van der Waals surface area contributed by atoms with Crippen LogP contribution in [0.3, 0.4) is 0 Å². The molecule has 1 aromatic rings. The molecule has 0 saturated heterocycles. The van der Waals surface area contributed by atoms with Gasteiger partial charge in [0, 0.05) is 0 Å². The summed E-state index contributed by atoms with van der Waals surface area (Å²) in [5.41, 5.74) is 3.72. The van der Waals surface area contributed by atoms with Gasteiger partial charge < -0.3 is 5.32 Å². The third kappa shape index (κ3) is 2.37. The predicted molar refractivity (Wildman–Crippen MR) is 61.2 cm³/mol. The summed E-state index contributed by atoms with van der Waals surface area (Å²) in [6, 6.07) is 6.42. The second-order valence-electron chi connectivity index (χ2n) is 3.52. The summed E-state index contributed by atoms with van der Waals surface area (Å²) in [4.78, 5) is 0. The van der Waals surface area contributed by atoms with Gasteiger partial charge >= 0.3 is 0 Å². The SMILES string of the molecule is C#CC(NCC)c1cc(C)ccc1C. The molecule has 0 amide bonds. The first kappa shape index (κ1) is 10.8. The molecule has 0 aliphatic heterocycles. The van der Waals surface area contributed by atoms with Gasteiger partial charge in [-0.2, -0.15) is 0 Å². The smallest absolute Gasteiger partial charge is 0.0945 e. The lowest BCUT2D eigenvalue weighted by Crippen LogP contribution is -2.20. The second-order valence-corrected chi connectivity index (χ2v) is 3.52. The zero-order valence-corrected chi connectivity index (χ0v) is 9.09. The quantitative estimate of drug-likeness (QED) is 0.717. The molecule has 0 heterocycles. The third-order valence-corrected chi connectivity index (χ3v) is 2.32. The first-order valence-electron chi connectivity index (χ1n) is 4.95. The lowest BCUT2D eigenvalue weighted by atomic mass is 9.99. The highest BCUT2D eigenvalue weighted by atomic mass is 14.9. The topological polar surface area (TPSA) is 12.0 Å². The van der Waals surface area contributed by atoms with Crippen molar-refractivity contribution in [3.05, 3.63) is 34.9 Å². The Morgan fingerprint density at radius 1 is 1.43 bits per heavy atom. The lowest BCUT2D eigenvalue weighted by Gasteiger charge is -2.15. The van der Waals surface area contributed by atoms with Crippen LogP contribution in [0, 0.1) is 26.2 Å². The molecular formula is C13H17N. The van der Waals surface area contributed by atoms with Crippen LogP contribution in [0.25, 0.3) is 0 Å². The zero-order chi connectivity index (χ0) is 10.6. The number of hydrogen-bond donors (Lipinski definition) is 1. The summed E-state index contributed by atoms with van der Waals surface area (Å²) in [7, 11) is 0. The molecule has 0 spiro atoms. The summed E-state index contributed by atoms with van der Waals surface area (Å²) in [6.45, 7) is 7.14. The van der Waals surface area contributed by atoms with E-state index in [0.717, 1.165) is 6.54 Å². The maximum atomic E-state index is 5.50. The number of aryl methyl sites for hydroxylation is 2. The summed E-state index contributed by atoms with van der Waals surface area (Å²) >= 11 is 0. The predicted octanol–water partition coefficient (Wildman–Crippen LogP) is 2.59. The van der Waals surface area contributed by atoms with Gasteiger partial charge in [0.25, 0.3) is 0 Å². The fourth-order valence-electron chi connectivity index (χ4n) is 1.53. The van der Waals surface area contributed by atoms with Crippen molar-refractivity contribution in [2.45, 2.75) is 26.8 Å². The maximum absolute atomic E-state index is 5.50. The van der Waals surface area contributed by atoms with Crippen molar-refractivity contribution in [2.75, 3.05) is 6.54 Å². The average molecular weight is 187 g/mol. The standard InChI is InChI=1S/C13H17N/c1-5-13(14-6-2)12-9-10(3)7-8-11(12)4/h1,7-9,13-14H,6H2,2-4H3. The number of rotatable bonds is 3. The molecule has 1 heteroatoms. The number of benzene rings is 1. The van der Waals surface area contributed by atoms with Crippen LogP contribution in [-0.2, 0) is 0 Å². The fourth-order valence-corrected chi connectivity index (χ4v) is 1.53. The second kappa shape index (κ2) is 4.83. The summed E-state index contributed by atoms with van der Waals surface area (Å²) in [5.74, 6) is 2.78. The molecular weight excluding hydrogens is 170 g/mol. The number of terminal acetylenes is 1. The van der Waals surface area contributed by atoms with Crippen molar-refractivity contribution >= 4 is 0 Å². The molecule has 1 aromatic carbocycles. The summed E-state index contributed by atoms with van der Waals surface area (Å²) in [6.07, 6.45) is 5.50. The van der Waals surface area contributed by atoms with Gasteiger partial charge in [-0.25, -0.2) is 0 Å². The van der Waals surface area contributed by atoms with Gasteiger partial charge in [-0.3, -0.25) is 0 Å². The molecule has 0 aliphatic carbocycles. The van der Waals surface area contributed by atoms with E-state index in [9.17, 15) is 0 Å². The van der Waals surface area contributed by atoms with Gasteiger partial charge in [0.05, 0.1) is 6.04 Å². The highest BCUT2D eigenvalue weighted by Gasteiger charge is 2.08. The highest BCUT2D eigenvalue weighted by molar-refractivity contribution is 5.36. The molecule has 1 rings (SSSR count). The van der Waals surface area contributed by atoms with E-state index in [2.05, 4.69) is 50.2 Å². The van der Waals surface area contributed by atoms with Crippen molar-refractivity contribution in [3.63, 3.8) is 0 Å².